The van der Waals surface area contributed by atoms with Crippen LogP contribution < -0.4 is 10.6 Å². The van der Waals surface area contributed by atoms with E-state index in [9.17, 15) is 4.79 Å². The van der Waals surface area contributed by atoms with Crippen LogP contribution in [0, 0.1) is 0 Å². The van der Waals surface area contributed by atoms with Crippen LogP contribution in [-0.2, 0) is 4.79 Å². The second-order valence-corrected chi connectivity index (χ2v) is 7.42. The SMILES string of the molecule is C=C(/C=C\C(=C/C)C(=O)Nc1cccc(C(C)[N-]C=CNC2=C[N+](C)=C2)c1)SC. The van der Waals surface area contributed by atoms with E-state index < -0.39 is 0 Å². The number of nitrogens with one attached hydrogen (secondary N) is 2. The van der Waals surface area contributed by atoms with E-state index in [1.807, 2.05) is 80.7 Å². The van der Waals surface area contributed by atoms with Gasteiger partial charge in [-0.2, -0.15) is 6.20 Å². The predicted molar refractivity (Wildman–Crippen MR) is 125 cm³/mol. The van der Waals surface area contributed by atoms with Crippen molar-refractivity contribution in [3.8, 4) is 0 Å². The van der Waals surface area contributed by atoms with Gasteiger partial charge in [-0.15, -0.1) is 11.8 Å². The third-order valence-corrected chi connectivity index (χ3v) is 4.89. The van der Waals surface area contributed by atoms with Gasteiger partial charge in [-0.25, -0.2) is 4.58 Å². The summed E-state index contributed by atoms with van der Waals surface area (Å²) in [4.78, 5) is 13.4. The number of carbonyl (C=O) groups excluding carboxylic acids is 1. The molecule has 0 fully saturated rings. The van der Waals surface area contributed by atoms with Crippen molar-refractivity contribution >= 4 is 29.6 Å². The van der Waals surface area contributed by atoms with E-state index in [0.717, 1.165) is 21.9 Å². The van der Waals surface area contributed by atoms with Gasteiger partial charge in [0.2, 0.25) is 0 Å². The minimum Gasteiger partial charge on any atom is -0.683 e. The van der Waals surface area contributed by atoms with Crippen molar-refractivity contribution in [3.63, 3.8) is 0 Å². The van der Waals surface area contributed by atoms with Crippen LogP contribution in [-0.4, -0.2) is 30.0 Å². The molecule has 1 aliphatic heterocycles. The van der Waals surface area contributed by atoms with Gasteiger partial charge in [-0.05, 0) is 48.6 Å². The molecule has 1 aromatic carbocycles. The highest BCUT2D eigenvalue weighted by molar-refractivity contribution is 8.02. The van der Waals surface area contributed by atoms with Gasteiger partial charge < -0.3 is 16.0 Å². The molecule has 1 atom stereocenters. The second-order valence-electron chi connectivity index (χ2n) is 6.49. The molecule has 0 bridgehead atoms. The molecule has 2 rings (SSSR count). The maximum atomic E-state index is 12.5. The number of rotatable bonds is 10. The fraction of sp³-hybridized carbons (Fsp3) is 0.217. The topological polar surface area (TPSA) is 58.2 Å². The third kappa shape index (κ3) is 7.16. The molecule has 1 amide bonds. The standard InChI is InChI=1S/C23H28N4OS/c1-6-19(11-10-17(2)29-5)23(28)26-21-9-7-8-20(14-21)18(3)24-12-13-25-22-15-27(4)16-22/h6-16,18,25H,2H2,1,3-5H3,(H,26,28)/b11-10-,13-12?,19-6+. The Hall–Kier alpha value is -2.99. The monoisotopic (exact) mass is 408 g/mol. The van der Waals surface area contributed by atoms with Gasteiger partial charge in [0, 0.05) is 11.3 Å². The van der Waals surface area contributed by atoms with E-state index in [-0.39, 0.29) is 11.9 Å². The fourth-order valence-corrected chi connectivity index (χ4v) is 2.73. The van der Waals surface area contributed by atoms with Crippen molar-refractivity contribution in [1.29, 1.82) is 0 Å². The van der Waals surface area contributed by atoms with E-state index in [4.69, 9.17) is 0 Å². The van der Waals surface area contributed by atoms with Crippen molar-refractivity contribution < 1.29 is 9.37 Å². The van der Waals surface area contributed by atoms with E-state index in [2.05, 4.69) is 22.5 Å². The molecule has 0 radical (unpaired) electrons. The Morgan fingerprint density at radius 2 is 2.10 bits per heavy atom. The molecule has 5 nitrogen and oxygen atoms in total. The van der Waals surface area contributed by atoms with Crippen LogP contribution in [0.15, 0.2) is 83.8 Å². The van der Waals surface area contributed by atoms with E-state index >= 15 is 0 Å². The Morgan fingerprint density at radius 3 is 2.76 bits per heavy atom. The Balaban J connectivity index is 1.92. The molecule has 1 aliphatic rings. The van der Waals surface area contributed by atoms with Crippen LogP contribution in [0.2, 0.25) is 0 Å². The van der Waals surface area contributed by atoms with Gasteiger partial charge in [0.1, 0.15) is 7.05 Å². The van der Waals surface area contributed by atoms with Gasteiger partial charge >= 0.3 is 0 Å². The molecular weight excluding hydrogens is 380 g/mol. The Labute approximate surface area is 177 Å². The summed E-state index contributed by atoms with van der Waals surface area (Å²) in [6.45, 7) is 7.75. The Morgan fingerprint density at radius 1 is 1.34 bits per heavy atom. The first-order valence-electron chi connectivity index (χ1n) is 9.31. The minimum atomic E-state index is -0.154. The summed E-state index contributed by atoms with van der Waals surface area (Å²) in [6.07, 6.45) is 14.9. The molecule has 0 saturated heterocycles. The molecule has 1 heterocycles. The van der Waals surface area contributed by atoms with E-state index in [0.29, 0.717) is 5.57 Å². The third-order valence-electron chi connectivity index (χ3n) is 4.23. The maximum Gasteiger partial charge on any atom is 0.255 e. The van der Waals surface area contributed by atoms with E-state index in [1.165, 1.54) is 0 Å². The van der Waals surface area contributed by atoms with Gasteiger partial charge in [0.25, 0.3) is 5.91 Å². The lowest BCUT2D eigenvalue weighted by Crippen LogP contribution is -2.21. The number of benzene rings is 1. The van der Waals surface area contributed by atoms with Crippen molar-refractivity contribution in [2.45, 2.75) is 19.9 Å². The lowest BCUT2D eigenvalue weighted by Gasteiger charge is -2.26. The average molecular weight is 409 g/mol. The Kier molecular flexibility index (Phi) is 8.55. The number of carbonyl (C=O) groups is 1. The Bertz CT molecular complexity index is 909. The molecule has 152 valence electrons. The van der Waals surface area contributed by atoms with Crippen molar-refractivity contribution in [2.75, 3.05) is 18.6 Å². The molecule has 0 spiro atoms. The normalized spacial score (nSPS) is 14.8. The van der Waals surface area contributed by atoms with Crippen LogP contribution >= 0.6 is 11.8 Å². The molecule has 0 aromatic heterocycles. The number of nitrogens with zero attached hydrogens (tertiary/aromatic N) is 2. The van der Waals surface area contributed by atoms with Gasteiger partial charge in [0.05, 0.1) is 0 Å². The molecule has 0 aliphatic carbocycles. The van der Waals surface area contributed by atoms with Crippen LogP contribution in [0.4, 0.5) is 5.69 Å². The first-order chi connectivity index (χ1) is 13.9. The summed E-state index contributed by atoms with van der Waals surface area (Å²) in [5.74, 6) is -0.154. The van der Waals surface area contributed by atoms with Gasteiger partial charge in [0.15, 0.2) is 18.1 Å². The number of amides is 1. The van der Waals surface area contributed by atoms with Crippen LogP contribution in [0.3, 0.4) is 0 Å². The second kappa shape index (κ2) is 11.1. The van der Waals surface area contributed by atoms with Gasteiger partial charge in [-0.1, -0.05) is 43.3 Å². The predicted octanol–water partition coefficient (Wildman–Crippen LogP) is 5.07. The minimum absolute atomic E-state index is 0.0297. The number of hydrogen-bond acceptors (Lipinski definition) is 3. The lowest BCUT2D eigenvalue weighted by molar-refractivity contribution is -0.429. The molecular formula is C23H28N4OS. The highest BCUT2D eigenvalue weighted by Crippen LogP contribution is 2.24. The first-order valence-corrected chi connectivity index (χ1v) is 10.5. The summed E-state index contributed by atoms with van der Waals surface area (Å²) >= 11 is 1.54. The first kappa shape index (κ1) is 22.3. The number of hydrogen-bond donors (Lipinski definition) is 2. The summed E-state index contributed by atoms with van der Waals surface area (Å²) in [5, 5.41) is 10.6. The number of anilines is 1. The van der Waals surface area contributed by atoms with Crippen LogP contribution in [0.1, 0.15) is 25.5 Å². The van der Waals surface area contributed by atoms with Crippen molar-refractivity contribution in [3.05, 3.63) is 94.7 Å². The summed E-state index contributed by atoms with van der Waals surface area (Å²) in [5.41, 5.74) is 3.40. The van der Waals surface area contributed by atoms with Crippen molar-refractivity contribution in [2.24, 2.45) is 0 Å². The maximum absolute atomic E-state index is 12.5. The fourth-order valence-electron chi connectivity index (χ4n) is 2.53. The summed E-state index contributed by atoms with van der Waals surface area (Å²) < 4.78 is 1.98. The molecule has 2 N–H and O–H groups in total. The highest BCUT2D eigenvalue weighted by atomic mass is 32.2. The summed E-state index contributed by atoms with van der Waals surface area (Å²) in [7, 11) is 1.98. The molecule has 6 heteroatoms. The molecule has 29 heavy (non-hydrogen) atoms. The molecule has 0 saturated carbocycles. The molecule has 1 aromatic rings. The van der Waals surface area contributed by atoms with Crippen LogP contribution in [0.25, 0.3) is 5.32 Å². The van der Waals surface area contributed by atoms with E-state index in [1.54, 1.807) is 30.1 Å². The molecule has 1 unspecified atom stereocenters. The van der Waals surface area contributed by atoms with Crippen molar-refractivity contribution in [1.82, 2.24) is 5.32 Å². The lowest BCUT2D eigenvalue weighted by atomic mass is 10.1. The van der Waals surface area contributed by atoms with Crippen LogP contribution in [0.5, 0.6) is 0 Å². The number of thioether (sulfide) groups is 1. The zero-order valence-corrected chi connectivity index (χ0v) is 18.2. The highest BCUT2D eigenvalue weighted by Gasteiger charge is 2.09. The zero-order chi connectivity index (χ0) is 21.2. The summed E-state index contributed by atoms with van der Waals surface area (Å²) in [6, 6.07) is 7.71. The van der Waals surface area contributed by atoms with Gasteiger partial charge in [-0.3, -0.25) is 4.79 Å². The largest absolute Gasteiger partial charge is 0.683 e. The number of allylic oxidation sites excluding steroid dienone is 3. The zero-order valence-electron chi connectivity index (χ0n) is 17.3. The quantitative estimate of drug-likeness (QED) is 0.323. The average Bonchev–Trinajstić information content (AvgIpc) is 2.69. The smallest absolute Gasteiger partial charge is 0.255 e.